The Morgan fingerprint density at radius 3 is 2.87 bits per heavy atom. The van der Waals surface area contributed by atoms with Crippen LogP contribution in [0.4, 0.5) is 0 Å². The van der Waals surface area contributed by atoms with Crippen LogP contribution >= 0.6 is 11.6 Å². The van der Waals surface area contributed by atoms with E-state index < -0.39 is 0 Å². The molecule has 0 spiro atoms. The second-order valence-electron chi connectivity index (χ2n) is 4.91. The van der Waals surface area contributed by atoms with Crippen molar-refractivity contribution in [1.82, 2.24) is 24.1 Å². The molecule has 0 N–H and O–H groups in total. The topological polar surface area (TPSA) is 66.5 Å². The molecule has 0 aliphatic heterocycles. The normalized spacial score (nSPS) is 11.3. The van der Waals surface area contributed by atoms with Crippen LogP contribution < -0.4 is 9.47 Å². The molecule has 0 aromatic carbocycles. The molecular weight excluding hydrogens is 318 g/mol. The molecule has 23 heavy (non-hydrogen) atoms. The van der Waals surface area contributed by atoms with E-state index in [2.05, 4.69) is 15.1 Å². The summed E-state index contributed by atoms with van der Waals surface area (Å²) in [5, 5.41) is 4.58. The first-order valence-corrected chi connectivity index (χ1v) is 7.22. The molecule has 0 saturated carbocycles. The van der Waals surface area contributed by atoms with Crippen LogP contribution in [0.25, 0.3) is 16.7 Å². The van der Waals surface area contributed by atoms with Gasteiger partial charge in [0.1, 0.15) is 11.0 Å². The highest BCUT2D eigenvalue weighted by molar-refractivity contribution is 6.29. The molecule has 7 nitrogen and oxygen atoms in total. The average molecular weight is 330 g/mol. The van der Waals surface area contributed by atoms with Gasteiger partial charge in [0, 0.05) is 13.2 Å². The first kappa shape index (κ1) is 13.8. The molecule has 0 radical (unpaired) electrons. The minimum atomic E-state index is 0.332. The fraction of sp³-hybridized carbons (Fsp3) is 0.133. The van der Waals surface area contributed by atoms with Crippen molar-refractivity contribution in [1.29, 1.82) is 0 Å². The minimum Gasteiger partial charge on any atom is -0.491 e. The van der Waals surface area contributed by atoms with Crippen LogP contribution in [0.5, 0.6) is 17.2 Å². The molecular formula is C15H12ClN5O2. The third kappa shape index (κ3) is 2.08. The maximum Gasteiger partial charge on any atom is 0.205 e. The van der Waals surface area contributed by atoms with E-state index in [1.807, 2.05) is 24.4 Å². The Balaban J connectivity index is 1.87. The summed E-state index contributed by atoms with van der Waals surface area (Å²) in [6.45, 7) is 0. The number of hydrogen-bond acceptors (Lipinski definition) is 5. The van der Waals surface area contributed by atoms with Crippen LogP contribution in [0.1, 0.15) is 0 Å². The van der Waals surface area contributed by atoms with E-state index in [1.165, 1.54) is 0 Å². The van der Waals surface area contributed by atoms with E-state index in [0.717, 1.165) is 5.52 Å². The number of rotatable bonds is 3. The van der Waals surface area contributed by atoms with Crippen LogP contribution in [0.3, 0.4) is 0 Å². The SMILES string of the molecule is COc1c(Oc2cnn3ccccc23)cnc2nc(Cl)n(C)c12. The van der Waals surface area contributed by atoms with Gasteiger partial charge in [0.2, 0.25) is 5.28 Å². The average Bonchev–Trinajstić information content (AvgIpc) is 3.10. The van der Waals surface area contributed by atoms with Crippen LogP contribution in [-0.2, 0) is 7.05 Å². The molecule has 8 heteroatoms. The first-order chi connectivity index (χ1) is 11.2. The van der Waals surface area contributed by atoms with Gasteiger partial charge < -0.3 is 14.0 Å². The highest BCUT2D eigenvalue weighted by Crippen LogP contribution is 2.38. The molecule has 4 aromatic rings. The Kier molecular flexibility index (Phi) is 3.09. The Bertz CT molecular complexity index is 1020. The molecule has 0 aliphatic rings. The molecule has 0 unspecified atom stereocenters. The standard InChI is InChI=1S/C15H12ClN5O2/c1-20-12-13(22-2)11(7-17-14(12)19-15(20)16)23-10-8-18-21-6-4-3-5-9(10)21/h3-8H,1-2H3. The van der Waals surface area contributed by atoms with E-state index in [0.29, 0.717) is 33.7 Å². The number of nitrogens with zero attached hydrogens (tertiary/aromatic N) is 5. The highest BCUT2D eigenvalue weighted by atomic mass is 35.5. The number of aromatic nitrogens is 5. The fourth-order valence-electron chi connectivity index (χ4n) is 2.47. The van der Waals surface area contributed by atoms with Gasteiger partial charge in [-0.05, 0) is 23.7 Å². The lowest BCUT2D eigenvalue weighted by molar-refractivity contribution is 0.382. The lowest BCUT2D eigenvalue weighted by Crippen LogP contribution is -1.96. The molecule has 0 aliphatic carbocycles. The van der Waals surface area contributed by atoms with Gasteiger partial charge in [-0.25, -0.2) is 9.50 Å². The summed E-state index contributed by atoms with van der Waals surface area (Å²) in [6.07, 6.45) is 5.06. The predicted molar refractivity (Wildman–Crippen MR) is 85.3 cm³/mol. The second-order valence-corrected chi connectivity index (χ2v) is 5.25. The Morgan fingerprint density at radius 2 is 2.04 bits per heavy atom. The monoisotopic (exact) mass is 329 g/mol. The number of imidazole rings is 1. The number of pyridine rings is 2. The van der Waals surface area contributed by atoms with Crippen LogP contribution in [-0.4, -0.2) is 31.3 Å². The smallest absolute Gasteiger partial charge is 0.205 e. The van der Waals surface area contributed by atoms with Gasteiger partial charge in [-0.15, -0.1) is 0 Å². The number of aryl methyl sites for hydroxylation is 1. The molecule has 0 amide bonds. The van der Waals surface area contributed by atoms with Gasteiger partial charge in [-0.1, -0.05) is 6.07 Å². The van der Waals surface area contributed by atoms with E-state index in [-0.39, 0.29) is 0 Å². The predicted octanol–water partition coefficient (Wildman–Crippen LogP) is 3.07. The molecule has 0 fully saturated rings. The van der Waals surface area contributed by atoms with Crippen molar-refractivity contribution < 1.29 is 9.47 Å². The Morgan fingerprint density at radius 1 is 1.17 bits per heavy atom. The van der Waals surface area contributed by atoms with Crippen LogP contribution in [0, 0.1) is 0 Å². The summed E-state index contributed by atoms with van der Waals surface area (Å²) in [5.41, 5.74) is 2.02. The number of halogens is 1. The van der Waals surface area contributed by atoms with Gasteiger partial charge in [-0.3, -0.25) is 0 Å². The first-order valence-electron chi connectivity index (χ1n) is 6.84. The van der Waals surface area contributed by atoms with Crippen LogP contribution in [0.2, 0.25) is 5.28 Å². The molecule has 0 atom stereocenters. The highest BCUT2D eigenvalue weighted by Gasteiger charge is 2.19. The molecule has 0 bridgehead atoms. The van der Waals surface area contributed by atoms with Crippen molar-refractivity contribution in [3.63, 3.8) is 0 Å². The van der Waals surface area contributed by atoms with Crippen molar-refractivity contribution in [2.45, 2.75) is 0 Å². The quantitative estimate of drug-likeness (QED) is 0.578. The lowest BCUT2D eigenvalue weighted by atomic mass is 10.3. The van der Waals surface area contributed by atoms with E-state index in [9.17, 15) is 0 Å². The zero-order valence-corrected chi connectivity index (χ0v) is 13.2. The van der Waals surface area contributed by atoms with Gasteiger partial charge in [-0.2, -0.15) is 10.1 Å². The van der Waals surface area contributed by atoms with Gasteiger partial charge in [0.05, 0.1) is 19.5 Å². The van der Waals surface area contributed by atoms with Crippen molar-refractivity contribution in [2.75, 3.05) is 7.11 Å². The number of fused-ring (bicyclic) bond motifs is 2. The number of hydrogen-bond donors (Lipinski definition) is 0. The molecule has 4 rings (SSSR count). The fourth-order valence-corrected chi connectivity index (χ4v) is 2.64. The number of ether oxygens (including phenoxy) is 2. The zero-order chi connectivity index (χ0) is 16.0. The summed E-state index contributed by atoms with van der Waals surface area (Å²) in [7, 11) is 3.36. The molecule has 4 heterocycles. The largest absolute Gasteiger partial charge is 0.491 e. The van der Waals surface area contributed by atoms with Gasteiger partial charge in [0.25, 0.3) is 0 Å². The van der Waals surface area contributed by atoms with Crippen LogP contribution in [0.15, 0.2) is 36.8 Å². The maximum atomic E-state index is 6.06. The summed E-state index contributed by atoms with van der Waals surface area (Å²) < 4.78 is 14.9. The third-order valence-electron chi connectivity index (χ3n) is 3.58. The van der Waals surface area contributed by atoms with Gasteiger partial charge >= 0.3 is 0 Å². The van der Waals surface area contributed by atoms with E-state index >= 15 is 0 Å². The third-order valence-corrected chi connectivity index (χ3v) is 3.92. The Hall–Kier alpha value is -2.80. The zero-order valence-electron chi connectivity index (χ0n) is 12.4. The van der Waals surface area contributed by atoms with E-state index in [1.54, 1.807) is 35.6 Å². The van der Waals surface area contributed by atoms with Crippen molar-refractivity contribution in [3.05, 3.63) is 42.1 Å². The van der Waals surface area contributed by atoms with Crippen molar-refractivity contribution >= 4 is 28.3 Å². The summed E-state index contributed by atoms with van der Waals surface area (Å²) in [5.74, 6) is 1.60. The second kappa shape index (κ2) is 5.13. The number of methoxy groups -OCH3 is 1. The summed E-state index contributed by atoms with van der Waals surface area (Å²) >= 11 is 6.06. The molecule has 4 aromatic heterocycles. The minimum absolute atomic E-state index is 0.332. The van der Waals surface area contributed by atoms with Crippen molar-refractivity contribution in [2.24, 2.45) is 7.05 Å². The summed E-state index contributed by atoms with van der Waals surface area (Å²) in [4.78, 5) is 8.46. The van der Waals surface area contributed by atoms with Gasteiger partial charge in [0.15, 0.2) is 22.9 Å². The molecule has 0 saturated heterocycles. The lowest BCUT2D eigenvalue weighted by Gasteiger charge is -2.10. The Labute approximate surface area is 136 Å². The van der Waals surface area contributed by atoms with E-state index in [4.69, 9.17) is 21.1 Å². The molecule has 116 valence electrons. The summed E-state index contributed by atoms with van der Waals surface area (Å²) in [6, 6.07) is 5.74. The maximum absolute atomic E-state index is 6.06. The van der Waals surface area contributed by atoms with Crippen molar-refractivity contribution in [3.8, 4) is 17.2 Å².